The number of hydrogen-bond acceptors (Lipinski definition) is 3. The number of amides is 1. The monoisotopic (exact) mass is 392 g/mol. The maximum absolute atomic E-state index is 14.6. The van der Waals surface area contributed by atoms with E-state index >= 15 is 0 Å². The topological polar surface area (TPSA) is 41.4 Å². The molecule has 1 amide bonds. The molecule has 0 atom stereocenters. The first kappa shape index (κ1) is 19.3. The second-order valence-electron chi connectivity index (χ2n) is 7.60. The molecular formula is C23H25FN4O. The van der Waals surface area contributed by atoms with Crippen LogP contribution in [-0.4, -0.2) is 46.8 Å². The lowest BCUT2D eigenvalue weighted by Crippen LogP contribution is -2.47. The lowest BCUT2D eigenvalue weighted by Gasteiger charge is -2.36. The van der Waals surface area contributed by atoms with Gasteiger partial charge in [-0.15, -0.1) is 5.10 Å². The lowest BCUT2D eigenvalue weighted by molar-refractivity contribution is 0.0958. The van der Waals surface area contributed by atoms with E-state index in [1.165, 1.54) is 6.07 Å². The van der Waals surface area contributed by atoms with Crippen molar-refractivity contribution in [2.24, 2.45) is 0 Å². The van der Waals surface area contributed by atoms with Gasteiger partial charge < -0.3 is 4.90 Å². The first-order chi connectivity index (χ1) is 14.0. The van der Waals surface area contributed by atoms with Crippen molar-refractivity contribution in [2.45, 2.75) is 25.8 Å². The van der Waals surface area contributed by atoms with E-state index in [-0.39, 0.29) is 17.5 Å². The summed E-state index contributed by atoms with van der Waals surface area (Å²) < 4.78 is 16.3. The van der Waals surface area contributed by atoms with Crippen LogP contribution in [0.4, 0.5) is 10.2 Å². The minimum absolute atomic E-state index is 0.0168. The molecule has 0 bridgehead atoms. The fourth-order valence-electron chi connectivity index (χ4n) is 3.90. The zero-order valence-corrected chi connectivity index (χ0v) is 16.8. The van der Waals surface area contributed by atoms with Crippen molar-refractivity contribution in [3.8, 4) is 5.69 Å². The maximum Gasteiger partial charge on any atom is 0.262 e. The third-order valence-corrected chi connectivity index (χ3v) is 5.55. The molecule has 0 aliphatic carbocycles. The summed E-state index contributed by atoms with van der Waals surface area (Å²) in [4.78, 5) is 17.5. The molecule has 3 aromatic rings. The van der Waals surface area contributed by atoms with Gasteiger partial charge in [-0.3, -0.25) is 9.69 Å². The van der Waals surface area contributed by atoms with Gasteiger partial charge in [-0.05, 0) is 63.7 Å². The second-order valence-corrected chi connectivity index (χ2v) is 7.60. The Bertz CT molecular complexity index is 973. The van der Waals surface area contributed by atoms with Crippen LogP contribution in [0.3, 0.4) is 0 Å². The lowest BCUT2D eigenvalue weighted by atomic mass is 10.0. The number of para-hydroxylation sites is 1. The Morgan fingerprint density at radius 3 is 2.48 bits per heavy atom. The summed E-state index contributed by atoms with van der Waals surface area (Å²) in [6, 6.07) is 16.3. The molecule has 1 aromatic heterocycles. The molecule has 1 aliphatic heterocycles. The molecule has 0 radical (unpaired) electrons. The molecule has 0 unspecified atom stereocenters. The molecule has 0 saturated carbocycles. The molecule has 29 heavy (non-hydrogen) atoms. The highest BCUT2D eigenvalue weighted by Gasteiger charge is 2.32. The van der Waals surface area contributed by atoms with Gasteiger partial charge in [0.1, 0.15) is 5.82 Å². The van der Waals surface area contributed by atoms with E-state index in [2.05, 4.69) is 17.0 Å². The molecular weight excluding hydrogens is 367 g/mol. The van der Waals surface area contributed by atoms with Crippen molar-refractivity contribution in [3.63, 3.8) is 0 Å². The molecule has 5 nitrogen and oxygen atoms in total. The number of nitrogens with zero attached hydrogens (tertiary/aromatic N) is 4. The van der Waals surface area contributed by atoms with Crippen molar-refractivity contribution in [1.29, 1.82) is 0 Å². The van der Waals surface area contributed by atoms with E-state index in [1.807, 2.05) is 42.6 Å². The summed E-state index contributed by atoms with van der Waals surface area (Å²) in [6.07, 6.45) is 3.50. The van der Waals surface area contributed by atoms with Gasteiger partial charge in [0, 0.05) is 18.3 Å². The fourth-order valence-corrected chi connectivity index (χ4v) is 3.90. The number of piperidine rings is 1. The summed E-state index contributed by atoms with van der Waals surface area (Å²) in [5, 5.41) is 4.67. The predicted octanol–water partition coefficient (Wildman–Crippen LogP) is 4.06. The summed E-state index contributed by atoms with van der Waals surface area (Å²) >= 11 is 0. The molecule has 1 fully saturated rings. The van der Waals surface area contributed by atoms with Crippen molar-refractivity contribution in [1.82, 2.24) is 14.7 Å². The average Bonchev–Trinajstić information content (AvgIpc) is 3.20. The highest BCUT2D eigenvalue weighted by atomic mass is 19.1. The normalized spacial score (nSPS) is 15.4. The highest BCUT2D eigenvalue weighted by molar-refractivity contribution is 6.07. The van der Waals surface area contributed by atoms with Crippen LogP contribution < -0.4 is 4.90 Å². The standard InChI is InChI=1S/C23H25FN4O/c1-17-7-6-10-20(24)22(17)23(29)28(19-11-14-26(2)15-12-19)21-13-16-27(25-21)18-8-4-3-5-9-18/h3-10,13,16,19H,11-12,14-15H2,1-2H3. The van der Waals surface area contributed by atoms with E-state index in [9.17, 15) is 9.18 Å². The van der Waals surface area contributed by atoms with E-state index in [1.54, 1.807) is 28.6 Å². The molecule has 2 aromatic carbocycles. The number of aromatic nitrogens is 2. The van der Waals surface area contributed by atoms with Crippen LogP contribution in [0, 0.1) is 12.7 Å². The number of halogens is 1. The average molecular weight is 392 g/mol. The Balaban J connectivity index is 1.73. The quantitative estimate of drug-likeness (QED) is 0.672. The van der Waals surface area contributed by atoms with Crippen molar-refractivity contribution in [3.05, 3.63) is 77.7 Å². The molecule has 1 saturated heterocycles. The number of carbonyl (C=O) groups is 1. The van der Waals surface area contributed by atoms with Crippen LogP contribution in [0.5, 0.6) is 0 Å². The molecule has 150 valence electrons. The van der Waals surface area contributed by atoms with Gasteiger partial charge in [-0.2, -0.15) is 0 Å². The van der Waals surface area contributed by atoms with E-state index in [0.717, 1.165) is 31.6 Å². The van der Waals surface area contributed by atoms with E-state index in [4.69, 9.17) is 0 Å². The zero-order chi connectivity index (χ0) is 20.4. The minimum Gasteiger partial charge on any atom is -0.306 e. The van der Waals surface area contributed by atoms with Crippen LogP contribution in [0.2, 0.25) is 0 Å². The molecule has 0 spiro atoms. The Morgan fingerprint density at radius 2 is 1.79 bits per heavy atom. The zero-order valence-electron chi connectivity index (χ0n) is 16.8. The number of anilines is 1. The third-order valence-electron chi connectivity index (χ3n) is 5.55. The predicted molar refractivity (Wildman–Crippen MR) is 112 cm³/mol. The fraction of sp³-hybridized carbons (Fsp3) is 0.304. The molecule has 2 heterocycles. The van der Waals surface area contributed by atoms with Gasteiger partial charge >= 0.3 is 0 Å². The van der Waals surface area contributed by atoms with Crippen LogP contribution in [0.25, 0.3) is 5.69 Å². The Labute approximate surface area is 170 Å². The molecule has 6 heteroatoms. The van der Waals surface area contributed by atoms with Gasteiger partial charge in [0.2, 0.25) is 0 Å². The van der Waals surface area contributed by atoms with Gasteiger partial charge in [0.05, 0.1) is 11.3 Å². The van der Waals surface area contributed by atoms with Gasteiger partial charge in [-0.1, -0.05) is 30.3 Å². The summed E-state index contributed by atoms with van der Waals surface area (Å²) in [6.45, 7) is 3.56. The molecule has 0 N–H and O–H groups in total. The smallest absolute Gasteiger partial charge is 0.262 e. The van der Waals surface area contributed by atoms with Crippen LogP contribution in [-0.2, 0) is 0 Å². The largest absolute Gasteiger partial charge is 0.306 e. The second kappa shape index (κ2) is 8.17. The van der Waals surface area contributed by atoms with Crippen molar-refractivity contribution in [2.75, 3.05) is 25.0 Å². The van der Waals surface area contributed by atoms with Crippen LogP contribution in [0.1, 0.15) is 28.8 Å². The maximum atomic E-state index is 14.6. The van der Waals surface area contributed by atoms with E-state index in [0.29, 0.717) is 11.4 Å². The number of carbonyl (C=O) groups excluding carboxylic acids is 1. The highest BCUT2D eigenvalue weighted by Crippen LogP contribution is 2.27. The number of likely N-dealkylation sites (tertiary alicyclic amines) is 1. The third kappa shape index (κ3) is 3.93. The molecule has 1 aliphatic rings. The van der Waals surface area contributed by atoms with Crippen LogP contribution in [0.15, 0.2) is 60.8 Å². The Morgan fingerprint density at radius 1 is 1.07 bits per heavy atom. The van der Waals surface area contributed by atoms with Gasteiger partial charge in [0.15, 0.2) is 5.82 Å². The number of rotatable bonds is 4. The summed E-state index contributed by atoms with van der Waals surface area (Å²) in [7, 11) is 2.08. The number of aryl methyl sites for hydroxylation is 1. The minimum atomic E-state index is -0.490. The van der Waals surface area contributed by atoms with Gasteiger partial charge in [0.25, 0.3) is 5.91 Å². The first-order valence-electron chi connectivity index (χ1n) is 9.93. The SMILES string of the molecule is Cc1cccc(F)c1C(=O)N(c1ccn(-c2ccccc2)n1)C1CCN(C)CC1. The summed E-state index contributed by atoms with van der Waals surface area (Å²) in [5.41, 5.74) is 1.67. The Hall–Kier alpha value is -2.99. The first-order valence-corrected chi connectivity index (χ1v) is 9.93. The van der Waals surface area contributed by atoms with Crippen molar-refractivity contribution >= 4 is 11.7 Å². The molecule has 4 rings (SSSR count). The van der Waals surface area contributed by atoms with Gasteiger partial charge in [-0.25, -0.2) is 9.07 Å². The number of benzene rings is 2. The Kier molecular flexibility index (Phi) is 5.45. The number of hydrogen-bond donors (Lipinski definition) is 0. The van der Waals surface area contributed by atoms with Crippen molar-refractivity contribution < 1.29 is 9.18 Å². The summed E-state index contributed by atoms with van der Waals surface area (Å²) in [5.74, 6) is -0.264. The van der Waals surface area contributed by atoms with E-state index < -0.39 is 5.82 Å². The van der Waals surface area contributed by atoms with Crippen LogP contribution >= 0.6 is 0 Å².